The van der Waals surface area contributed by atoms with E-state index in [2.05, 4.69) is 4.74 Å². The first-order valence-corrected chi connectivity index (χ1v) is 8.13. The van der Waals surface area contributed by atoms with Crippen molar-refractivity contribution in [2.75, 3.05) is 0 Å². The Bertz CT molecular complexity index is 1040. The van der Waals surface area contributed by atoms with Gasteiger partial charge in [-0.15, -0.1) is 0 Å². The van der Waals surface area contributed by atoms with E-state index >= 15 is 0 Å². The van der Waals surface area contributed by atoms with Crippen LogP contribution in [0.1, 0.15) is 16.1 Å². The number of carbonyl (C=O) groups is 1. The Morgan fingerprint density at radius 3 is 2.64 bits per heavy atom. The van der Waals surface area contributed by atoms with E-state index in [-0.39, 0.29) is 17.0 Å². The van der Waals surface area contributed by atoms with Gasteiger partial charge in [0.1, 0.15) is 5.75 Å². The van der Waals surface area contributed by atoms with Crippen molar-refractivity contribution >= 4 is 17.5 Å². The van der Waals surface area contributed by atoms with Crippen LogP contribution in [0.25, 0.3) is 11.8 Å². The maximum atomic E-state index is 12.3. The van der Waals surface area contributed by atoms with Crippen LogP contribution in [0.5, 0.6) is 5.75 Å². The molecule has 0 aliphatic rings. The van der Waals surface area contributed by atoms with Crippen LogP contribution in [0.3, 0.4) is 0 Å². The summed E-state index contributed by atoms with van der Waals surface area (Å²) in [6.07, 6.45) is 4.55. The lowest BCUT2D eigenvalue weighted by molar-refractivity contribution is -0.384. The largest absolute Gasteiger partial charge is 0.435 e. The molecule has 0 atom stereocenters. The molecule has 0 saturated carbocycles. The summed E-state index contributed by atoms with van der Waals surface area (Å²) in [4.78, 5) is 22.8. The Morgan fingerprint density at radius 2 is 1.89 bits per heavy atom. The lowest BCUT2D eigenvalue weighted by atomic mass is 10.1. The van der Waals surface area contributed by atoms with Crippen LogP contribution in [0.2, 0.25) is 0 Å². The molecule has 1 heterocycles. The Kier molecular flexibility index (Phi) is 5.59. The standard InChI is InChI=1S/C20H14F2N2O4/c21-20(22)28-18-8-1-4-14(12-18)19(25)10-9-15-7-3-11-23(15)16-5-2-6-17(13-16)24(26)27/h1-13,20H/b10-9+. The van der Waals surface area contributed by atoms with Crippen LogP contribution >= 0.6 is 0 Å². The molecule has 0 amide bonds. The van der Waals surface area contributed by atoms with E-state index in [0.717, 1.165) is 0 Å². The quantitative estimate of drug-likeness (QED) is 0.252. The minimum atomic E-state index is -2.97. The molecule has 3 aromatic rings. The molecular weight excluding hydrogens is 370 g/mol. The fourth-order valence-electron chi connectivity index (χ4n) is 2.60. The van der Waals surface area contributed by atoms with E-state index in [1.54, 1.807) is 41.1 Å². The molecule has 0 aliphatic heterocycles. The van der Waals surface area contributed by atoms with Crippen molar-refractivity contribution in [2.24, 2.45) is 0 Å². The number of nitrogens with zero attached hydrogens (tertiary/aromatic N) is 2. The second-order valence-electron chi connectivity index (χ2n) is 5.68. The van der Waals surface area contributed by atoms with Crippen LogP contribution in [0, 0.1) is 10.1 Å². The van der Waals surface area contributed by atoms with Gasteiger partial charge < -0.3 is 9.30 Å². The summed E-state index contributed by atoms with van der Waals surface area (Å²) in [5.41, 5.74) is 1.34. The smallest absolute Gasteiger partial charge is 0.387 e. The molecule has 0 saturated heterocycles. The maximum absolute atomic E-state index is 12.3. The highest BCUT2D eigenvalue weighted by molar-refractivity contribution is 6.07. The molecule has 6 nitrogen and oxygen atoms in total. The van der Waals surface area contributed by atoms with E-state index < -0.39 is 17.3 Å². The fraction of sp³-hybridized carbons (Fsp3) is 0.0500. The molecule has 1 aromatic heterocycles. The van der Waals surface area contributed by atoms with Gasteiger partial charge in [-0.2, -0.15) is 8.78 Å². The summed E-state index contributed by atoms with van der Waals surface area (Å²) in [5, 5.41) is 11.0. The number of hydrogen-bond donors (Lipinski definition) is 0. The second kappa shape index (κ2) is 8.26. The number of ether oxygens (including phenoxy) is 1. The van der Waals surface area contributed by atoms with Crippen molar-refractivity contribution in [3.63, 3.8) is 0 Å². The van der Waals surface area contributed by atoms with E-state index in [1.165, 1.54) is 42.5 Å². The van der Waals surface area contributed by atoms with Gasteiger partial charge in [-0.1, -0.05) is 18.2 Å². The molecular formula is C20H14F2N2O4. The van der Waals surface area contributed by atoms with Crippen molar-refractivity contribution in [3.05, 3.63) is 94.3 Å². The molecule has 0 fully saturated rings. The Balaban J connectivity index is 1.83. The van der Waals surface area contributed by atoms with Crippen molar-refractivity contribution in [2.45, 2.75) is 6.61 Å². The number of alkyl halides is 2. The van der Waals surface area contributed by atoms with Gasteiger partial charge >= 0.3 is 6.61 Å². The zero-order valence-corrected chi connectivity index (χ0v) is 14.4. The van der Waals surface area contributed by atoms with Crippen LogP contribution in [-0.2, 0) is 0 Å². The summed E-state index contributed by atoms with van der Waals surface area (Å²) in [7, 11) is 0. The number of rotatable bonds is 7. The topological polar surface area (TPSA) is 74.4 Å². The van der Waals surface area contributed by atoms with Crippen LogP contribution in [-0.4, -0.2) is 21.9 Å². The average Bonchev–Trinajstić information content (AvgIpc) is 3.14. The van der Waals surface area contributed by atoms with E-state index in [1.807, 2.05) is 0 Å². The number of carbonyl (C=O) groups excluding carboxylic acids is 1. The number of halogens is 2. The average molecular weight is 384 g/mol. The van der Waals surface area contributed by atoms with Gasteiger partial charge in [0, 0.05) is 29.6 Å². The highest BCUT2D eigenvalue weighted by Crippen LogP contribution is 2.20. The molecule has 0 radical (unpaired) electrons. The third-order valence-electron chi connectivity index (χ3n) is 3.85. The zero-order valence-electron chi connectivity index (χ0n) is 14.4. The molecule has 0 spiro atoms. The van der Waals surface area contributed by atoms with Crippen LogP contribution in [0.4, 0.5) is 14.5 Å². The number of ketones is 1. The Labute approximate surface area is 158 Å². The normalized spacial score (nSPS) is 11.1. The predicted octanol–water partition coefficient (Wildman–Crippen LogP) is 4.88. The molecule has 142 valence electrons. The van der Waals surface area contributed by atoms with Crippen molar-refractivity contribution in [1.82, 2.24) is 4.57 Å². The summed E-state index contributed by atoms with van der Waals surface area (Å²) < 4.78 is 30.6. The highest BCUT2D eigenvalue weighted by Gasteiger charge is 2.10. The number of hydrogen-bond acceptors (Lipinski definition) is 4. The molecule has 8 heteroatoms. The third-order valence-corrected chi connectivity index (χ3v) is 3.85. The number of non-ortho nitro benzene ring substituents is 1. The Morgan fingerprint density at radius 1 is 1.11 bits per heavy atom. The van der Waals surface area contributed by atoms with Crippen molar-refractivity contribution in [1.29, 1.82) is 0 Å². The third kappa shape index (κ3) is 4.47. The van der Waals surface area contributed by atoms with Gasteiger partial charge in [-0.25, -0.2) is 0 Å². The number of benzene rings is 2. The lowest BCUT2D eigenvalue weighted by Crippen LogP contribution is -2.03. The summed E-state index contributed by atoms with van der Waals surface area (Å²) >= 11 is 0. The van der Waals surface area contributed by atoms with Gasteiger partial charge in [0.2, 0.25) is 0 Å². The maximum Gasteiger partial charge on any atom is 0.387 e. The first kappa shape index (κ1) is 19.0. The minimum Gasteiger partial charge on any atom is -0.435 e. The molecule has 0 N–H and O–H groups in total. The number of nitro groups is 1. The summed E-state index contributed by atoms with van der Waals surface area (Å²) in [5.74, 6) is -0.499. The Hall–Kier alpha value is -3.81. The number of nitro benzene ring substituents is 1. The van der Waals surface area contributed by atoms with E-state index in [4.69, 9.17) is 0 Å². The van der Waals surface area contributed by atoms with Gasteiger partial charge in [0.25, 0.3) is 5.69 Å². The van der Waals surface area contributed by atoms with Gasteiger partial charge in [-0.05, 0) is 42.5 Å². The minimum absolute atomic E-state index is 0.0481. The molecule has 0 bridgehead atoms. The number of allylic oxidation sites excluding steroid dienone is 1. The first-order chi connectivity index (χ1) is 13.4. The van der Waals surface area contributed by atoms with Gasteiger partial charge in [0.15, 0.2) is 5.78 Å². The fourth-order valence-corrected chi connectivity index (χ4v) is 2.60. The highest BCUT2D eigenvalue weighted by atomic mass is 19.3. The molecule has 28 heavy (non-hydrogen) atoms. The molecule has 2 aromatic carbocycles. The first-order valence-electron chi connectivity index (χ1n) is 8.13. The SMILES string of the molecule is O=C(/C=C/c1cccn1-c1cccc([N+](=O)[O-])c1)c1cccc(OC(F)F)c1. The van der Waals surface area contributed by atoms with Gasteiger partial charge in [0.05, 0.1) is 10.6 Å². The predicted molar refractivity (Wildman–Crippen MR) is 98.9 cm³/mol. The summed E-state index contributed by atoms with van der Waals surface area (Å²) in [6, 6.07) is 15.1. The van der Waals surface area contributed by atoms with Crippen LogP contribution in [0.15, 0.2) is 72.9 Å². The molecule has 3 rings (SSSR count). The zero-order chi connectivity index (χ0) is 20.1. The van der Waals surface area contributed by atoms with Crippen molar-refractivity contribution < 1.29 is 23.2 Å². The van der Waals surface area contributed by atoms with E-state index in [9.17, 15) is 23.7 Å². The van der Waals surface area contributed by atoms with E-state index in [0.29, 0.717) is 11.4 Å². The lowest BCUT2D eigenvalue weighted by Gasteiger charge is -2.06. The summed E-state index contributed by atoms with van der Waals surface area (Å²) in [6.45, 7) is -2.97. The second-order valence-corrected chi connectivity index (χ2v) is 5.68. The monoisotopic (exact) mass is 384 g/mol. The van der Waals surface area contributed by atoms with Gasteiger partial charge in [-0.3, -0.25) is 14.9 Å². The molecule has 0 unspecified atom stereocenters. The van der Waals surface area contributed by atoms with Crippen molar-refractivity contribution in [3.8, 4) is 11.4 Å². The van der Waals surface area contributed by atoms with Crippen LogP contribution < -0.4 is 4.74 Å². The number of aromatic nitrogens is 1. The molecule has 0 aliphatic carbocycles.